The average Bonchev–Trinajstić information content (AvgIpc) is 2.87. The van der Waals surface area contributed by atoms with Crippen LogP contribution in [0.3, 0.4) is 0 Å². The average molecular weight is 259 g/mol. The number of aryl methyl sites for hydroxylation is 1. The van der Waals surface area contributed by atoms with E-state index in [-0.39, 0.29) is 18.3 Å². The number of nitrogens with one attached hydrogen (secondary N) is 2. The van der Waals surface area contributed by atoms with Gasteiger partial charge in [-0.25, -0.2) is 0 Å². The van der Waals surface area contributed by atoms with Crippen LogP contribution in [0.1, 0.15) is 29.0 Å². The lowest BCUT2D eigenvalue weighted by atomic mass is 10.2. The van der Waals surface area contributed by atoms with Gasteiger partial charge in [0.2, 0.25) is 0 Å². The molecule has 17 heavy (non-hydrogen) atoms. The maximum absolute atomic E-state index is 12.2. The van der Waals surface area contributed by atoms with Crippen molar-refractivity contribution in [3.63, 3.8) is 0 Å². The molecule has 5 nitrogen and oxygen atoms in total. The van der Waals surface area contributed by atoms with Gasteiger partial charge >= 0.3 is 0 Å². The molecule has 0 spiro atoms. The minimum Gasteiger partial charge on any atom is -0.333 e. The quantitative estimate of drug-likeness (QED) is 0.849. The second kappa shape index (κ2) is 6.02. The summed E-state index contributed by atoms with van der Waals surface area (Å²) in [5, 5.41) is 9.95. The standard InChI is InChI=1S/C11H18N4O.ClH/c1-8-6-10(14-13-8)11(16)15-5-3-4-9(15)7-12-2;/h6,9,12H,3-5,7H2,1-2H3,(H,13,14);1H. The highest BCUT2D eigenvalue weighted by Crippen LogP contribution is 2.19. The van der Waals surface area contributed by atoms with Crippen LogP contribution in [-0.2, 0) is 0 Å². The number of amides is 1. The summed E-state index contributed by atoms with van der Waals surface area (Å²) < 4.78 is 0. The van der Waals surface area contributed by atoms with Crippen molar-refractivity contribution in [3.05, 3.63) is 17.5 Å². The Bertz CT molecular complexity index is 379. The Morgan fingerprint density at radius 3 is 3.06 bits per heavy atom. The molecule has 2 N–H and O–H groups in total. The number of carbonyl (C=O) groups is 1. The largest absolute Gasteiger partial charge is 0.333 e. The van der Waals surface area contributed by atoms with Gasteiger partial charge in [-0.05, 0) is 32.9 Å². The zero-order valence-corrected chi connectivity index (χ0v) is 11.0. The number of halogens is 1. The van der Waals surface area contributed by atoms with Crippen LogP contribution in [-0.4, -0.2) is 47.2 Å². The first-order chi connectivity index (χ1) is 7.72. The first-order valence-corrected chi connectivity index (χ1v) is 5.70. The van der Waals surface area contributed by atoms with Crippen LogP contribution in [0.25, 0.3) is 0 Å². The van der Waals surface area contributed by atoms with E-state index in [9.17, 15) is 4.79 Å². The zero-order chi connectivity index (χ0) is 11.5. The first-order valence-electron chi connectivity index (χ1n) is 5.70. The first kappa shape index (κ1) is 14.0. The molecule has 1 aliphatic rings. The van der Waals surface area contributed by atoms with Crippen molar-refractivity contribution in [2.75, 3.05) is 20.1 Å². The number of rotatable bonds is 3. The van der Waals surface area contributed by atoms with Gasteiger partial charge in [0.05, 0.1) is 0 Å². The summed E-state index contributed by atoms with van der Waals surface area (Å²) in [7, 11) is 1.92. The molecule has 2 rings (SSSR count). The molecule has 1 aliphatic heterocycles. The zero-order valence-electron chi connectivity index (χ0n) is 10.2. The smallest absolute Gasteiger partial charge is 0.274 e. The number of hydrogen-bond donors (Lipinski definition) is 2. The third-order valence-electron chi connectivity index (χ3n) is 3.00. The van der Waals surface area contributed by atoms with Gasteiger partial charge in [0.15, 0.2) is 0 Å². The molecule has 0 radical (unpaired) electrons. The van der Waals surface area contributed by atoms with Crippen LogP contribution < -0.4 is 5.32 Å². The SMILES string of the molecule is CNCC1CCCN1C(=O)c1cc(C)[nH]n1.Cl. The number of likely N-dealkylation sites (N-methyl/N-ethyl adjacent to an activating group) is 1. The van der Waals surface area contributed by atoms with Gasteiger partial charge in [0.25, 0.3) is 5.91 Å². The molecule has 1 amide bonds. The number of aromatic amines is 1. The van der Waals surface area contributed by atoms with Crippen molar-refractivity contribution in [2.24, 2.45) is 0 Å². The van der Waals surface area contributed by atoms with Crippen molar-refractivity contribution >= 4 is 18.3 Å². The Hall–Kier alpha value is -1.07. The van der Waals surface area contributed by atoms with Gasteiger partial charge in [-0.15, -0.1) is 12.4 Å². The predicted octanol–water partition coefficient (Wildman–Crippen LogP) is 0.964. The third-order valence-corrected chi connectivity index (χ3v) is 3.00. The lowest BCUT2D eigenvalue weighted by Gasteiger charge is -2.23. The summed E-state index contributed by atoms with van der Waals surface area (Å²) in [6.07, 6.45) is 2.16. The van der Waals surface area contributed by atoms with Gasteiger partial charge in [-0.1, -0.05) is 0 Å². The van der Waals surface area contributed by atoms with Gasteiger partial charge in [0, 0.05) is 24.8 Å². The van der Waals surface area contributed by atoms with E-state index < -0.39 is 0 Å². The number of hydrogen-bond acceptors (Lipinski definition) is 3. The number of likely N-dealkylation sites (tertiary alicyclic amines) is 1. The minimum atomic E-state index is 0. The van der Waals surface area contributed by atoms with Gasteiger partial charge in [-0.2, -0.15) is 5.10 Å². The number of carbonyl (C=O) groups excluding carboxylic acids is 1. The van der Waals surface area contributed by atoms with Crippen molar-refractivity contribution in [1.29, 1.82) is 0 Å². The number of H-pyrrole nitrogens is 1. The van der Waals surface area contributed by atoms with Crippen molar-refractivity contribution in [2.45, 2.75) is 25.8 Å². The molecule has 0 saturated carbocycles. The molecule has 2 heterocycles. The highest BCUT2D eigenvalue weighted by atomic mass is 35.5. The summed E-state index contributed by atoms with van der Waals surface area (Å²) in [6.45, 7) is 3.60. The van der Waals surface area contributed by atoms with Crippen molar-refractivity contribution < 1.29 is 4.79 Å². The van der Waals surface area contributed by atoms with Crippen LogP contribution in [0.15, 0.2) is 6.07 Å². The Morgan fingerprint density at radius 1 is 1.71 bits per heavy atom. The maximum Gasteiger partial charge on any atom is 0.274 e. The molecule has 0 aliphatic carbocycles. The summed E-state index contributed by atoms with van der Waals surface area (Å²) >= 11 is 0. The highest BCUT2D eigenvalue weighted by molar-refractivity contribution is 5.92. The molecule has 1 atom stereocenters. The lowest BCUT2D eigenvalue weighted by molar-refractivity contribution is 0.0731. The maximum atomic E-state index is 12.2. The van der Waals surface area contributed by atoms with Crippen LogP contribution in [0, 0.1) is 6.92 Å². The van der Waals surface area contributed by atoms with E-state index in [0.717, 1.165) is 31.6 Å². The Kier molecular flexibility index (Phi) is 4.96. The van der Waals surface area contributed by atoms with E-state index in [1.165, 1.54) is 0 Å². The molecule has 1 aromatic rings. The number of aromatic nitrogens is 2. The molecule has 1 saturated heterocycles. The van der Waals surface area contributed by atoms with Crippen molar-refractivity contribution in [3.8, 4) is 0 Å². The Balaban J connectivity index is 0.00000144. The molecule has 96 valence electrons. The van der Waals surface area contributed by atoms with E-state index in [1.807, 2.05) is 18.9 Å². The third kappa shape index (κ3) is 2.98. The molecule has 6 heteroatoms. The molecule has 1 fully saturated rings. The van der Waals surface area contributed by atoms with E-state index in [2.05, 4.69) is 15.5 Å². The molecule has 1 unspecified atom stereocenters. The van der Waals surface area contributed by atoms with Gasteiger partial charge < -0.3 is 10.2 Å². The molecule has 0 bridgehead atoms. The fourth-order valence-corrected chi connectivity index (χ4v) is 2.23. The second-order valence-electron chi connectivity index (χ2n) is 4.29. The Labute approximate surface area is 107 Å². The monoisotopic (exact) mass is 258 g/mol. The van der Waals surface area contributed by atoms with E-state index in [4.69, 9.17) is 0 Å². The molecule has 1 aromatic heterocycles. The molecule has 0 aromatic carbocycles. The lowest BCUT2D eigenvalue weighted by Crippen LogP contribution is -2.41. The fraction of sp³-hybridized carbons (Fsp3) is 0.636. The Morgan fingerprint density at radius 2 is 2.47 bits per heavy atom. The molecular formula is C11H19ClN4O. The summed E-state index contributed by atoms with van der Waals surface area (Å²) in [5.41, 5.74) is 1.45. The predicted molar refractivity (Wildman–Crippen MR) is 68.6 cm³/mol. The topological polar surface area (TPSA) is 61.0 Å². The summed E-state index contributed by atoms with van der Waals surface area (Å²) in [4.78, 5) is 14.1. The van der Waals surface area contributed by atoms with Gasteiger partial charge in [0.1, 0.15) is 5.69 Å². The van der Waals surface area contributed by atoms with Crippen LogP contribution in [0.5, 0.6) is 0 Å². The summed E-state index contributed by atoms with van der Waals surface area (Å²) in [6, 6.07) is 2.12. The highest BCUT2D eigenvalue weighted by Gasteiger charge is 2.29. The number of nitrogens with zero attached hydrogens (tertiary/aromatic N) is 2. The van der Waals surface area contributed by atoms with Gasteiger partial charge in [-0.3, -0.25) is 9.89 Å². The normalized spacial score (nSPS) is 19.2. The van der Waals surface area contributed by atoms with E-state index in [0.29, 0.717) is 11.7 Å². The molecular weight excluding hydrogens is 240 g/mol. The van der Waals surface area contributed by atoms with Crippen LogP contribution in [0.2, 0.25) is 0 Å². The summed E-state index contributed by atoms with van der Waals surface area (Å²) in [5.74, 6) is 0.0436. The van der Waals surface area contributed by atoms with Crippen molar-refractivity contribution in [1.82, 2.24) is 20.4 Å². The van der Waals surface area contributed by atoms with Crippen LogP contribution in [0.4, 0.5) is 0 Å². The van der Waals surface area contributed by atoms with E-state index in [1.54, 1.807) is 6.07 Å². The fourth-order valence-electron chi connectivity index (χ4n) is 2.23. The van der Waals surface area contributed by atoms with Crippen LogP contribution >= 0.6 is 12.4 Å². The van der Waals surface area contributed by atoms with E-state index >= 15 is 0 Å². The minimum absolute atomic E-state index is 0. The second-order valence-corrected chi connectivity index (χ2v) is 4.29.